The van der Waals surface area contributed by atoms with E-state index in [1.54, 1.807) is 0 Å². The lowest BCUT2D eigenvalue weighted by atomic mass is 10.2. The molecule has 1 N–H and O–H groups in total. The van der Waals surface area contributed by atoms with E-state index >= 15 is 0 Å². The molecule has 0 aliphatic carbocycles. The number of rotatable bonds is 3. The molecule has 0 radical (unpaired) electrons. The summed E-state index contributed by atoms with van der Waals surface area (Å²) in [4.78, 5) is 25.4. The molecule has 0 bridgehead atoms. The number of nitro benzene ring substituents is 1. The molecule has 6 nitrogen and oxygen atoms in total. The highest BCUT2D eigenvalue weighted by Crippen LogP contribution is 2.27. The largest absolute Gasteiger partial charge is 0.322 e. The van der Waals surface area contributed by atoms with Crippen LogP contribution in [0.2, 0.25) is 10.2 Å². The van der Waals surface area contributed by atoms with Gasteiger partial charge in [0.1, 0.15) is 16.0 Å². The molecule has 0 aliphatic heterocycles. The minimum Gasteiger partial charge on any atom is -0.322 e. The third-order valence-electron chi connectivity index (χ3n) is 2.45. The Morgan fingerprint density at radius 1 is 1.33 bits per heavy atom. The van der Waals surface area contributed by atoms with Crippen LogP contribution in [0.4, 0.5) is 15.8 Å². The lowest BCUT2D eigenvalue weighted by Crippen LogP contribution is -2.13. The molecule has 0 fully saturated rings. The van der Waals surface area contributed by atoms with Crippen LogP contribution in [0, 0.1) is 15.9 Å². The van der Waals surface area contributed by atoms with Crippen LogP contribution in [-0.2, 0) is 0 Å². The topological polar surface area (TPSA) is 85.1 Å². The number of carbonyl (C=O) groups is 1. The molecule has 9 heteroatoms. The normalized spacial score (nSPS) is 10.2. The first-order valence-corrected chi connectivity index (χ1v) is 6.20. The standard InChI is InChI=1S/C12H6Cl2FN3O3/c13-9-4-7(1-2-10(9)18(20)21)17-12(19)8-3-6(15)5-16-11(8)14/h1-5H,(H,17,19). The number of aromatic nitrogens is 1. The zero-order chi connectivity index (χ0) is 15.6. The first kappa shape index (κ1) is 15.1. The van der Waals surface area contributed by atoms with Crippen LogP contribution in [0.25, 0.3) is 0 Å². The van der Waals surface area contributed by atoms with Crippen molar-refractivity contribution in [3.63, 3.8) is 0 Å². The van der Waals surface area contributed by atoms with E-state index in [9.17, 15) is 19.3 Å². The number of nitrogens with one attached hydrogen (secondary N) is 1. The van der Waals surface area contributed by atoms with Crippen LogP contribution in [0.5, 0.6) is 0 Å². The smallest absolute Gasteiger partial charge is 0.288 e. The van der Waals surface area contributed by atoms with Gasteiger partial charge in [-0.2, -0.15) is 0 Å². The fourth-order valence-corrected chi connectivity index (χ4v) is 1.95. The Morgan fingerprint density at radius 3 is 2.67 bits per heavy atom. The van der Waals surface area contributed by atoms with Gasteiger partial charge in [0.25, 0.3) is 11.6 Å². The van der Waals surface area contributed by atoms with E-state index < -0.39 is 16.6 Å². The highest BCUT2D eigenvalue weighted by Gasteiger charge is 2.16. The van der Waals surface area contributed by atoms with Crippen molar-refractivity contribution in [1.82, 2.24) is 4.98 Å². The first-order valence-electron chi connectivity index (χ1n) is 5.45. The van der Waals surface area contributed by atoms with Gasteiger partial charge < -0.3 is 5.32 Å². The molecule has 1 aromatic carbocycles. The maximum absolute atomic E-state index is 13.1. The molecule has 1 aromatic heterocycles. The van der Waals surface area contributed by atoms with Gasteiger partial charge >= 0.3 is 0 Å². The number of halogens is 3. The minimum absolute atomic E-state index is 0.138. The van der Waals surface area contributed by atoms with E-state index in [-0.39, 0.29) is 27.1 Å². The maximum Gasteiger partial charge on any atom is 0.288 e. The number of benzene rings is 1. The van der Waals surface area contributed by atoms with Crippen molar-refractivity contribution in [2.75, 3.05) is 5.32 Å². The SMILES string of the molecule is O=C(Nc1ccc([N+](=O)[O-])c(Cl)c1)c1cc(F)cnc1Cl. The summed E-state index contributed by atoms with van der Waals surface area (Å²) in [7, 11) is 0. The Morgan fingerprint density at radius 2 is 2.05 bits per heavy atom. The highest BCUT2D eigenvalue weighted by atomic mass is 35.5. The van der Waals surface area contributed by atoms with Gasteiger partial charge in [0.05, 0.1) is 16.7 Å². The molecule has 108 valence electrons. The Bertz CT molecular complexity index is 740. The fraction of sp³-hybridized carbons (Fsp3) is 0. The van der Waals surface area contributed by atoms with E-state index in [1.165, 1.54) is 12.1 Å². The fourth-order valence-electron chi connectivity index (χ4n) is 1.51. The van der Waals surface area contributed by atoms with Crippen LogP contribution < -0.4 is 5.32 Å². The van der Waals surface area contributed by atoms with Gasteiger partial charge in [-0.25, -0.2) is 9.37 Å². The zero-order valence-electron chi connectivity index (χ0n) is 10.1. The van der Waals surface area contributed by atoms with E-state index in [0.717, 1.165) is 18.3 Å². The van der Waals surface area contributed by atoms with Crippen molar-refractivity contribution in [2.45, 2.75) is 0 Å². The maximum atomic E-state index is 13.1. The van der Waals surface area contributed by atoms with Gasteiger partial charge in [0, 0.05) is 11.8 Å². The summed E-state index contributed by atoms with van der Waals surface area (Å²) < 4.78 is 13.1. The first-order chi connectivity index (χ1) is 9.88. The molecule has 2 rings (SSSR count). The van der Waals surface area contributed by atoms with E-state index in [1.807, 2.05) is 0 Å². The molecule has 0 aliphatic rings. The summed E-state index contributed by atoms with van der Waals surface area (Å²) in [5.74, 6) is -1.43. The quantitative estimate of drug-likeness (QED) is 0.528. The van der Waals surface area contributed by atoms with Crippen LogP contribution in [0.1, 0.15) is 10.4 Å². The third kappa shape index (κ3) is 3.45. The van der Waals surface area contributed by atoms with Gasteiger partial charge in [-0.05, 0) is 18.2 Å². The molecule has 0 saturated carbocycles. The molecule has 1 amide bonds. The zero-order valence-corrected chi connectivity index (χ0v) is 11.7. The van der Waals surface area contributed by atoms with Crippen LogP contribution in [-0.4, -0.2) is 15.8 Å². The van der Waals surface area contributed by atoms with Gasteiger partial charge in [0.2, 0.25) is 0 Å². The van der Waals surface area contributed by atoms with E-state index in [4.69, 9.17) is 23.2 Å². The van der Waals surface area contributed by atoms with Crippen molar-refractivity contribution in [3.05, 3.63) is 62.1 Å². The predicted octanol–water partition coefficient (Wildman–Crippen LogP) is 3.69. The molecule has 0 atom stereocenters. The Kier molecular flexibility index (Phi) is 4.35. The second-order valence-corrected chi connectivity index (χ2v) is 4.63. The number of carbonyl (C=O) groups excluding carboxylic acids is 1. The Balaban J connectivity index is 2.26. The van der Waals surface area contributed by atoms with E-state index in [2.05, 4.69) is 10.3 Å². The average molecular weight is 330 g/mol. The van der Waals surface area contributed by atoms with Crippen molar-refractivity contribution in [1.29, 1.82) is 0 Å². The second kappa shape index (κ2) is 6.02. The molecule has 0 unspecified atom stereocenters. The van der Waals surface area contributed by atoms with Crippen molar-refractivity contribution < 1.29 is 14.1 Å². The molecular formula is C12H6Cl2FN3O3. The number of anilines is 1. The molecule has 21 heavy (non-hydrogen) atoms. The van der Waals surface area contributed by atoms with Crippen LogP contribution >= 0.6 is 23.2 Å². The summed E-state index contributed by atoms with van der Waals surface area (Å²) in [6.45, 7) is 0. The molecule has 1 heterocycles. The van der Waals surface area contributed by atoms with E-state index in [0.29, 0.717) is 0 Å². The summed E-state index contributed by atoms with van der Waals surface area (Å²) >= 11 is 11.4. The summed E-state index contributed by atoms with van der Waals surface area (Å²) in [5, 5.41) is 12.7. The van der Waals surface area contributed by atoms with Gasteiger partial charge in [-0.3, -0.25) is 14.9 Å². The molecule has 2 aromatic rings. The Labute approximate surface area is 127 Å². The lowest BCUT2D eigenvalue weighted by molar-refractivity contribution is -0.384. The number of nitrogens with zero attached hydrogens (tertiary/aromatic N) is 2. The number of nitro groups is 1. The Hall–Kier alpha value is -2.25. The minimum atomic E-state index is -0.716. The van der Waals surface area contributed by atoms with Gasteiger partial charge in [0.15, 0.2) is 0 Å². The average Bonchev–Trinajstić information content (AvgIpc) is 2.41. The second-order valence-electron chi connectivity index (χ2n) is 3.87. The summed E-state index contributed by atoms with van der Waals surface area (Å²) in [6, 6.07) is 4.57. The molecular weight excluding hydrogens is 324 g/mol. The highest BCUT2D eigenvalue weighted by molar-refractivity contribution is 6.34. The number of hydrogen-bond donors (Lipinski definition) is 1. The summed E-state index contributed by atoms with van der Waals surface area (Å²) in [5.41, 5.74) is -0.248. The van der Waals surface area contributed by atoms with Gasteiger partial charge in [-0.15, -0.1) is 0 Å². The van der Waals surface area contributed by atoms with Crippen molar-refractivity contribution >= 4 is 40.5 Å². The molecule has 0 spiro atoms. The van der Waals surface area contributed by atoms with Crippen LogP contribution in [0.3, 0.4) is 0 Å². The number of amides is 1. The molecule has 0 saturated heterocycles. The lowest BCUT2D eigenvalue weighted by Gasteiger charge is -2.07. The van der Waals surface area contributed by atoms with Crippen molar-refractivity contribution in [2.24, 2.45) is 0 Å². The third-order valence-corrected chi connectivity index (χ3v) is 3.06. The van der Waals surface area contributed by atoms with Crippen LogP contribution in [0.15, 0.2) is 30.5 Å². The van der Waals surface area contributed by atoms with Gasteiger partial charge in [-0.1, -0.05) is 23.2 Å². The number of hydrogen-bond acceptors (Lipinski definition) is 4. The predicted molar refractivity (Wildman–Crippen MR) is 75.3 cm³/mol. The summed E-state index contributed by atoms with van der Waals surface area (Å²) in [6.07, 6.45) is 0.877. The monoisotopic (exact) mass is 329 g/mol. The number of pyridine rings is 1. The van der Waals surface area contributed by atoms with Crippen molar-refractivity contribution in [3.8, 4) is 0 Å².